The number of hydrogen-bond donors (Lipinski definition) is 1. The lowest BCUT2D eigenvalue weighted by Gasteiger charge is -2.28. The highest BCUT2D eigenvalue weighted by Crippen LogP contribution is 2.19. The van der Waals surface area contributed by atoms with Gasteiger partial charge < -0.3 is 10.0 Å². The maximum Gasteiger partial charge on any atom is 0.153 e. The van der Waals surface area contributed by atoms with Gasteiger partial charge in [0, 0.05) is 24.8 Å². The Morgan fingerprint density at radius 3 is 2.69 bits per heavy atom. The van der Waals surface area contributed by atoms with Gasteiger partial charge >= 0.3 is 0 Å². The molecule has 0 unspecified atom stereocenters. The van der Waals surface area contributed by atoms with Gasteiger partial charge in [-0.2, -0.15) is 0 Å². The smallest absolute Gasteiger partial charge is 0.153 e. The molecule has 0 amide bonds. The molecule has 5 nitrogen and oxygen atoms in total. The van der Waals surface area contributed by atoms with Crippen molar-refractivity contribution in [1.29, 1.82) is 0 Å². The van der Waals surface area contributed by atoms with Crippen LogP contribution in [-0.2, 0) is 16.4 Å². The van der Waals surface area contributed by atoms with E-state index < -0.39 is 9.84 Å². The standard InChI is InChI=1S/C10H14N2O3S/c13-8-9-2-1-3-11-10(9)12-4-6-16(14,15)7-5-12/h1-3,13H,4-8H2. The van der Waals surface area contributed by atoms with E-state index in [0.717, 1.165) is 5.56 Å². The fourth-order valence-electron chi connectivity index (χ4n) is 1.76. The molecule has 0 aromatic carbocycles. The molecular formula is C10H14N2O3S. The summed E-state index contributed by atoms with van der Waals surface area (Å²) in [6, 6.07) is 3.56. The van der Waals surface area contributed by atoms with Crippen molar-refractivity contribution in [2.75, 3.05) is 29.5 Å². The van der Waals surface area contributed by atoms with Gasteiger partial charge in [0.05, 0.1) is 18.1 Å². The van der Waals surface area contributed by atoms with Crippen LogP contribution in [0.1, 0.15) is 5.56 Å². The minimum Gasteiger partial charge on any atom is -0.392 e. The number of aliphatic hydroxyl groups excluding tert-OH is 1. The molecule has 0 aliphatic carbocycles. The van der Waals surface area contributed by atoms with E-state index in [9.17, 15) is 8.42 Å². The summed E-state index contributed by atoms with van der Waals surface area (Å²) in [7, 11) is -2.88. The quantitative estimate of drug-likeness (QED) is 0.778. The maximum atomic E-state index is 11.3. The second-order valence-corrected chi connectivity index (χ2v) is 6.09. The molecule has 2 rings (SSSR count). The van der Waals surface area contributed by atoms with Crippen molar-refractivity contribution >= 4 is 15.7 Å². The van der Waals surface area contributed by atoms with E-state index in [-0.39, 0.29) is 18.1 Å². The van der Waals surface area contributed by atoms with E-state index in [0.29, 0.717) is 18.9 Å². The predicted octanol–water partition coefficient (Wildman–Crippen LogP) is -0.191. The van der Waals surface area contributed by atoms with Crippen molar-refractivity contribution < 1.29 is 13.5 Å². The first-order valence-corrected chi connectivity index (χ1v) is 6.95. The molecule has 88 valence electrons. The van der Waals surface area contributed by atoms with Crippen LogP contribution in [0.4, 0.5) is 5.82 Å². The average molecular weight is 242 g/mol. The largest absolute Gasteiger partial charge is 0.392 e. The van der Waals surface area contributed by atoms with Crippen molar-refractivity contribution in [2.24, 2.45) is 0 Å². The second-order valence-electron chi connectivity index (χ2n) is 3.78. The number of pyridine rings is 1. The van der Waals surface area contributed by atoms with Gasteiger partial charge in [-0.15, -0.1) is 0 Å². The summed E-state index contributed by atoms with van der Waals surface area (Å²) in [6.45, 7) is 0.825. The minimum absolute atomic E-state index is 0.0770. The van der Waals surface area contributed by atoms with Gasteiger partial charge in [-0.25, -0.2) is 13.4 Å². The first-order chi connectivity index (χ1) is 7.62. The van der Waals surface area contributed by atoms with E-state index in [1.807, 2.05) is 4.90 Å². The highest BCUT2D eigenvalue weighted by atomic mass is 32.2. The molecule has 1 aliphatic rings. The van der Waals surface area contributed by atoms with Crippen molar-refractivity contribution in [1.82, 2.24) is 4.98 Å². The molecule has 6 heteroatoms. The fraction of sp³-hybridized carbons (Fsp3) is 0.500. The highest BCUT2D eigenvalue weighted by Gasteiger charge is 2.23. The van der Waals surface area contributed by atoms with E-state index in [1.54, 1.807) is 18.3 Å². The van der Waals surface area contributed by atoms with Gasteiger partial charge in [-0.05, 0) is 6.07 Å². The molecule has 0 radical (unpaired) electrons. The van der Waals surface area contributed by atoms with Crippen LogP contribution in [0.5, 0.6) is 0 Å². The molecule has 2 heterocycles. The molecule has 1 fully saturated rings. The highest BCUT2D eigenvalue weighted by molar-refractivity contribution is 7.91. The van der Waals surface area contributed by atoms with E-state index >= 15 is 0 Å². The topological polar surface area (TPSA) is 70.5 Å². The summed E-state index contributed by atoms with van der Waals surface area (Å²) in [6.07, 6.45) is 1.65. The summed E-state index contributed by atoms with van der Waals surface area (Å²) in [5.74, 6) is 1.02. The Balaban J connectivity index is 2.20. The van der Waals surface area contributed by atoms with E-state index in [4.69, 9.17) is 5.11 Å². The number of rotatable bonds is 2. The van der Waals surface area contributed by atoms with Crippen LogP contribution in [0.15, 0.2) is 18.3 Å². The Labute approximate surface area is 94.6 Å². The lowest BCUT2D eigenvalue weighted by molar-refractivity contribution is 0.281. The second kappa shape index (κ2) is 4.39. The van der Waals surface area contributed by atoms with Crippen LogP contribution in [0.3, 0.4) is 0 Å². The van der Waals surface area contributed by atoms with Crippen LogP contribution < -0.4 is 4.90 Å². The molecule has 0 saturated carbocycles. The van der Waals surface area contributed by atoms with Crippen molar-refractivity contribution in [3.63, 3.8) is 0 Å². The van der Waals surface area contributed by atoms with Crippen LogP contribution in [0.25, 0.3) is 0 Å². The third-order valence-corrected chi connectivity index (χ3v) is 4.29. The van der Waals surface area contributed by atoms with E-state index in [1.165, 1.54) is 0 Å². The van der Waals surface area contributed by atoms with Crippen LogP contribution >= 0.6 is 0 Å². The summed E-state index contributed by atoms with van der Waals surface area (Å²) in [5.41, 5.74) is 0.738. The van der Waals surface area contributed by atoms with Crippen LogP contribution in [-0.4, -0.2) is 43.1 Å². The number of anilines is 1. The number of hydrogen-bond acceptors (Lipinski definition) is 5. The Morgan fingerprint density at radius 2 is 2.06 bits per heavy atom. The Kier molecular flexibility index (Phi) is 3.11. The SMILES string of the molecule is O=S1(=O)CCN(c2ncccc2CO)CC1. The Bertz CT molecular complexity index is 459. The molecule has 1 saturated heterocycles. The molecule has 1 aromatic rings. The number of sulfone groups is 1. The molecular weight excluding hydrogens is 228 g/mol. The third-order valence-electron chi connectivity index (χ3n) is 2.68. The zero-order valence-electron chi connectivity index (χ0n) is 8.83. The summed E-state index contributed by atoms with van der Waals surface area (Å²) >= 11 is 0. The molecule has 16 heavy (non-hydrogen) atoms. The zero-order chi connectivity index (χ0) is 11.6. The summed E-state index contributed by atoms with van der Waals surface area (Å²) in [4.78, 5) is 6.10. The average Bonchev–Trinajstić information content (AvgIpc) is 2.29. The fourth-order valence-corrected chi connectivity index (χ4v) is 2.96. The first kappa shape index (κ1) is 11.3. The van der Waals surface area contributed by atoms with Gasteiger partial charge in [-0.3, -0.25) is 0 Å². The number of aromatic nitrogens is 1. The zero-order valence-corrected chi connectivity index (χ0v) is 9.65. The van der Waals surface area contributed by atoms with Gasteiger partial charge in [0.25, 0.3) is 0 Å². The molecule has 0 spiro atoms. The lowest BCUT2D eigenvalue weighted by atomic mass is 10.2. The van der Waals surface area contributed by atoms with Gasteiger partial charge in [-0.1, -0.05) is 6.07 Å². The normalized spacial score (nSPS) is 19.7. The van der Waals surface area contributed by atoms with Crippen LogP contribution in [0.2, 0.25) is 0 Å². The van der Waals surface area contributed by atoms with E-state index in [2.05, 4.69) is 4.98 Å². The number of aliphatic hydroxyl groups is 1. The van der Waals surface area contributed by atoms with Crippen molar-refractivity contribution in [2.45, 2.75) is 6.61 Å². The Morgan fingerprint density at radius 1 is 1.38 bits per heavy atom. The molecule has 1 aromatic heterocycles. The first-order valence-electron chi connectivity index (χ1n) is 5.12. The summed E-state index contributed by atoms with van der Waals surface area (Å²) < 4.78 is 22.6. The van der Waals surface area contributed by atoms with Crippen LogP contribution in [0, 0.1) is 0 Å². The van der Waals surface area contributed by atoms with Crippen molar-refractivity contribution in [3.8, 4) is 0 Å². The van der Waals surface area contributed by atoms with Gasteiger partial charge in [0.15, 0.2) is 9.84 Å². The molecule has 0 atom stereocenters. The predicted molar refractivity (Wildman–Crippen MR) is 61.0 cm³/mol. The van der Waals surface area contributed by atoms with Gasteiger partial charge in [0.1, 0.15) is 5.82 Å². The van der Waals surface area contributed by atoms with Crippen molar-refractivity contribution in [3.05, 3.63) is 23.9 Å². The lowest BCUT2D eigenvalue weighted by Crippen LogP contribution is -2.41. The van der Waals surface area contributed by atoms with Gasteiger partial charge in [0.2, 0.25) is 0 Å². The Hall–Kier alpha value is -1.14. The minimum atomic E-state index is -2.88. The maximum absolute atomic E-state index is 11.3. The summed E-state index contributed by atoms with van der Waals surface area (Å²) in [5, 5.41) is 9.17. The molecule has 1 N–H and O–H groups in total. The third kappa shape index (κ3) is 2.33. The molecule has 0 bridgehead atoms. The molecule has 1 aliphatic heterocycles. The number of nitrogens with zero attached hydrogens (tertiary/aromatic N) is 2. The monoisotopic (exact) mass is 242 g/mol.